The molecule has 60 valence electrons. The molecule has 0 unspecified atom stereocenters. The van der Waals surface area contributed by atoms with Crippen LogP contribution in [0.5, 0.6) is 0 Å². The molecule has 1 fully saturated rings. The maximum absolute atomic E-state index is 5.86. The number of nitrogens with two attached hydrogens (primary N) is 1. The average molecular weight is 142 g/mol. The Morgan fingerprint density at radius 2 is 2.30 bits per heavy atom. The minimum absolute atomic E-state index is 0.433. The molecule has 0 aromatic carbocycles. The molecule has 0 aromatic heterocycles. The van der Waals surface area contributed by atoms with Crippen molar-refractivity contribution in [2.24, 2.45) is 5.73 Å². The second-order valence-electron chi connectivity index (χ2n) is 3.15. The maximum atomic E-state index is 5.86. The van der Waals surface area contributed by atoms with E-state index >= 15 is 0 Å². The van der Waals surface area contributed by atoms with Crippen LogP contribution in [-0.2, 0) is 0 Å². The highest BCUT2D eigenvalue weighted by molar-refractivity contribution is 4.71. The van der Waals surface area contributed by atoms with Crippen molar-refractivity contribution in [3.63, 3.8) is 0 Å². The molecule has 0 amide bonds. The summed E-state index contributed by atoms with van der Waals surface area (Å²) in [6.07, 6.45) is 3.87. The largest absolute Gasteiger partial charge is 0.327 e. The van der Waals surface area contributed by atoms with Crippen LogP contribution >= 0.6 is 0 Å². The van der Waals surface area contributed by atoms with Gasteiger partial charge in [0.25, 0.3) is 0 Å². The Morgan fingerprint density at radius 3 is 3.00 bits per heavy atom. The van der Waals surface area contributed by atoms with Crippen molar-refractivity contribution in [3.05, 3.63) is 0 Å². The zero-order valence-electron chi connectivity index (χ0n) is 6.84. The zero-order chi connectivity index (χ0) is 7.40. The first-order valence-electron chi connectivity index (χ1n) is 4.31. The van der Waals surface area contributed by atoms with Crippen LogP contribution in [-0.4, -0.2) is 30.6 Å². The topological polar surface area (TPSA) is 29.3 Å². The number of hydrogen-bond donors (Lipinski definition) is 1. The summed E-state index contributed by atoms with van der Waals surface area (Å²) in [6.45, 7) is 5.73. The standard InChI is InChI=1S/C8H18N2/c1-2-10-6-4-3-5-8(9)7-10/h8H,2-7,9H2,1H3/t8-/m0/s1. The van der Waals surface area contributed by atoms with Gasteiger partial charge in [-0.1, -0.05) is 13.3 Å². The van der Waals surface area contributed by atoms with Gasteiger partial charge in [-0.25, -0.2) is 0 Å². The quantitative estimate of drug-likeness (QED) is 0.587. The van der Waals surface area contributed by atoms with Crippen molar-refractivity contribution < 1.29 is 0 Å². The number of rotatable bonds is 1. The van der Waals surface area contributed by atoms with Crippen LogP contribution in [0.15, 0.2) is 0 Å². The van der Waals surface area contributed by atoms with Crippen molar-refractivity contribution in [1.82, 2.24) is 4.90 Å². The Kier molecular flexibility index (Phi) is 3.16. The van der Waals surface area contributed by atoms with E-state index in [1.54, 1.807) is 0 Å². The maximum Gasteiger partial charge on any atom is 0.0167 e. The second kappa shape index (κ2) is 3.94. The van der Waals surface area contributed by atoms with E-state index in [4.69, 9.17) is 5.73 Å². The normalized spacial score (nSPS) is 30.0. The fraction of sp³-hybridized carbons (Fsp3) is 1.00. The Bertz CT molecular complexity index is 93.3. The van der Waals surface area contributed by atoms with Gasteiger partial charge in [0.15, 0.2) is 0 Å². The summed E-state index contributed by atoms with van der Waals surface area (Å²) in [7, 11) is 0. The molecule has 1 aliphatic rings. The minimum Gasteiger partial charge on any atom is -0.327 e. The molecule has 10 heavy (non-hydrogen) atoms. The van der Waals surface area contributed by atoms with Gasteiger partial charge in [-0.3, -0.25) is 0 Å². The molecule has 0 aliphatic carbocycles. The Balaban J connectivity index is 2.30. The van der Waals surface area contributed by atoms with Gasteiger partial charge in [-0.05, 0) is 25.9 Å². The van der Waals surface area contributed by atoms with Crippen molar-refractivity contribution in [2.75, 3.05) is 19.6 Å². The number of hydrogen-bond acceptors (Lipinski definition) is 2. The van der Waals surface area contributed by atoms with E-state index in [0.717, 1.165) is 13.1 Å². The summed E-state index contributed by atoms with van der Waals surface area (Å²) in [5, 5.41) is 0. The molecule has 2 nitrogen and oxygen atoms in total. The van der Waals surface area contributed by atoms with Crippen LogP contribution in [0.4, 0.5) is 0 Å². The van der Waals surface area contributed by atoms with E-state index in [0.29, 0.717) is 6.04 Å². The van der Waals surface area contributed by atoms with Crippen LogP contribution in [0.25, 0.3) is 0 Å². The fourth-order valence-electron chi connectivity index (χ4n) is 1.54. The molecule has 0 aromatic rings. The SMILES string of the molecule is CCN1CCCC[C@H](N)C1. The lowest BCUT2D eigenvalue weighted by molar-refractivity contribution is 0.287. The smallest absolute Gasteiger partial charge is 0.0167 e. The van der Waals surface area contributed by atoms with Gasteiger partial charge in [0.2, 0.25) is 0 Å². The molecule has 2 heteroatoms. The van der Waals surface area contributed by atoms with Crippen molar-refractivity contribution >= 4 is 0 Å². The molecule has 0 saturated carbocycles. The van der Waals surface area contributed by atoms with Crippen LogP contribution in [0.3, 0.4) is 0 Å². The lowest BCUT2D eigenvalue weighted by Crippen LogP contribution is -2.35. The molecule has 0 radical (unpaired) electrons. The third-order valence-corrected chi connectivity index (χ3v) is 2.24. The Morgan fingerprint density at radius 1 is 1.50 bits per heavy atom. The van der Waals surface area contributed by atoms with Gasteiger partial charge in [0, 0.05) is 12.6 Å². The van der Waals surface area contributed by atoms with E-state index in [2.05, 4.69) is 11.8 Å². The summed E-state index contributed by atoms with van der Waals surface area (Å²) in [4.78, 5) is 2.44. The first-order chi connectivity index (χ1) is 4.83. The third-order valence-electron chi connectivity index (χ3n) is 2.24. The van der Waals surface area contributed by atoms with Crippen molar-refractivity contribution in [1.29, 1.82) is 0 Å². The van der Waals surface area contributed by atoms with Crippen LogP contribution in [0, 0.1) is 0 Å². The second-order valence-corrected chi connectivity index (χ2v) is 3.15. The monoisotopic (exact) mass is 142 g/mol. The van der Waals surface area contributed by atoms with Crippen LogP contribution in [0.1, 0.15) is 26.2 Å². The zero-order valence-corrected chi connectivity index (χ0v) is 6.84. The minimum atomic E-state index is 0.433. The van der Waals surface area contributed by atoms with Crippen LogP contribution < -0.4 is 5.73 Å². The average Bonchev–Trinajstić information content (AvgIpc) is 2.13. The van der Waals surface area contributed by atoms with Crippen LogP contribution in [0.2, 0.25) is 0 Å². The molecule has 0 bridgehead atoms. The highest BCUT2D eigenvalue weighted by atomic mass is 15.1. The van der Waals surface area contributed by atoms with Gasteiger partial charge in [-0.15, -0.1) is 0 Å². The summed E-state index contributed by atoms with van der Waals surface area (Å²) in [5.41, 5.74) is 5.86. The van der Waals surface area contributed by atoms with Gasteiger partial charge in [0.1, 0.15) is 0 Å². The van der Waals surface area contributed by atoms with E-state index in [1.165, 1.54) is 25.8 Å². The van der Waals surface area contributed by atoms with Crippen molar-refractivity contribution in [3.8, 4) is 0 Å². The molecule has 1 rings (SSSR count). The molecule has 1 aliphatic heterocycles. The first kappa shape index (κ1) is 8.02. The Hall–Kier alpha value is -0.0800. The van der Waals surface area contributed by atoms with E-state index in [9.17, 15) is 0 Å². The summed E-state index contributed by atoms with van der Waals surface area (Å²) in [6, 6.07) is 0.433. The lowest BCUT2D eigenvalue weighted by Gasteiger charge is -2.19. The fourth-order valence-corrected chi connectivity index (χ4v) is 1.54. The summed E-state index contributed by atoms with van der Waals surface area (Å²) >= 11 is 0. The van der Waals surface area contributed by atoms with E-state index in [-0.39, 0.29) is 0 Å². The van der Waals surface area contributed by atoms with Crippen molar-refractivity contribution in [2.45, 2.75) is 32.2 Å². The molecule has 2 N–H and O–H groups in total. The summed E-state index contributed by atoms with van der Waals surface area (Å²) in [5.74, 6) is 0. The molecule has 1 heterocycles. The molecule has 0 spiro atoms. The predicted molar refractivity (Wildman–Crippen MR) is 43.9 cm³/mol. The number of nitrogens with zero attached hydrogens (tertiary/aromatic N) is 1. The van der Waals surface area contributed by atoms with Gasteiger partial charge < -0.3 is 10.6 Å². The van der Waals surface area contributed by atoms with Gasteiger partial charge in [-0.2, -0.15) is 0 Å². The molecular formula is C8H18N2. The molecule has 1 atom stereocenters. The lowest BCUT2D eigenvalue weighted by atomic mass is 10.2. The van der Waals surface area contributed by atoms with E-state index in [1.807, 2.05) is 0 Å². The van der Waals surface area contributed by atoms with E-state index < -0.39 is 0 Å². The Labute approximate surface area is 63.4 Å². The van der Waals surface area contributed by atoms with Gasteiger partial charge >= 0.3 is 0 Å². The third kappa shape index (κ3) is 2.27. The predicted octanol–water partition coefficient (Wildman–Crippen LogP) is 0.820. The van der Waals surface area contributed by atoms with Gasteiger partial charge in [0.05, 0.1) is 0 Å². The number of likely N-dealkylation sites (N-methyl/N-ethyl adjacent to an activating group) is 1. The molecular weight excluding hydrogens is 124 g/mol. The number of likely N-dealkylation sites (tertiary alicyclic amines) is 1. The summed E-state index contributed by atoms with van der Waals surface area (Å²) < 4.78 is 0. The molecule has 1 saturated heterocycles. The highest BCUT2D eigenvalue weighted by Crippen LogP contribution is 2.07. The highest BCUT2D eigenvalue weighted by Gasteiger charge is 2.12. The first-order valence-corrected chi connectivity index (χ1v) is 4.31.